The first-order chi connectivity index (χ1) is 5.60. The van der Waals surface area contributed by atoms with E-state index in [1.807, 2.05) is 0 Å². The number of aliphatic hydroxyl groups is 3. The van der Waals surface area contributed by atoms with Gasteiger partial charge in [-0.2, -0.15) is 0 Å². The lowest BCUT2D eigenvalue weighted by Crippen LogP contribution is -2.48. The lowest BCUT2D eigenvalue weighted by molar-refractivity contribution is -0.112. The first-order valence-corrected chi connectivity index (χ1v) is 4.36. The standard InChI is InChI=1S/C10H20O3/c1-6-7(9(2,3)12)8(11)10(4,5)13/h6-8,11-13H,1H2,2-5H3/t7-,8+/m1/s1. The van der Waals surface area contributed by atoms with E-state index in [2.05, 4.69) is 6.58 Å². The number of aliphatic hydroxyl groups excluding tert-OH is 1. The van der Waals surface area contributed by atoms with Crippen LogP contribution in [0.2, 0.25) is 0 Å². The van der Waals surface area contributed by atoms with E-state index in [0.717, 1.165) is 0 Å². The molecule has 0 saturated carbocycles. The molecule has 13 heavy (non-hydrogen) atoms. The SMILES string of the molecule is C=C[C@H]([C@H](O)C(C)(C)O)C(C)(C)O. The third-order valence-corrected chi connectivity index (χ3v) is 2.13. The van der Waals surface area contributed by atoms with Crippen LogP contribution >= 0.6 is 0 Å². The summed E-state index contributed by atoms with van der Waals surface area (Å²) in [6.07, 6.45) is 0.438. The molecule has 0 aromatic rings. The van der Waals surface area contributed by atoms with Crippen LogP contribution in [-0.4, -0.2) is 32.6 Å². The topological polar surface area (TPSA) is 60.7 Å². The van der Waals surface area contributed by atoms with Crippen molar-refractivity contribution >= 4 is 0 Å². The monoisotopic (exact) mass is 188 g/mol. The Morgan fingerprint density at radius 2 is 1.46 bits per heavy atom. The normalized spacial score (nSPS) is 18.1. The molecule has 0 aliphatic carbocycles. The lowest BCUT2D eigenvalue weighted by atomic mass is 9.80. The fraction of sp³-hybridized carbons (Fsp3) is 0.800. The predicted octanol–water partition coefficient (Wildman–Crippen LogP) is 0.691. The van der Waals surface area contributed by atoms with Crippen molar-refractivity contribution in [2.24, 2.45) is 5.92 Å². The zero-order valence-corrected chi connectivity index (χ0v) is 8.78. The van der Waals surface area contributed by atoms with Gasteiger partial charge in [-0.25, -0.2) is 0 Å². The number of hydrogen-bond donors (Lipinski definition) is 3. The van der Waals surface area contributed by atoms with Crippen LogP contribution in [0.1, 0.15) is 27.7 Å². The summed E-state index contributed by atoms with van der Waals surface area (Å²) >= 11 is 0. The number of rotatable bonds is 4. The van der Waals surface area contributed by atoms with Gasteiger partial charge in [0.15, 0.2) is 0 Å². The van der Waals surface area contributed by atoms with E-state index in [-0.39, 0.29) is 0 Å². The Kier molecular flexibility index (Phi) is 3.67. The molecule has 78 valence electrons. The molecule has 0 spiro atoms. The molecule has 3 nitrogen and oxygen atoms in total. The van der Waals surface area contributed by atoms with E-state index in [4.69, 9.17) is 0 Å². The maximum absolute atomic E-state index is 9.70. The lowest BCUT2D eigenvalue weighted by Gasteiger charge is -2.36. The third kappa shape index (κ3) is 3.46. The maximum Gasteiger partial charge on any atom is 0.0911 e. The molecule has 0 radical (unpaired) electrons. The smallest absolute Gasteiger partial charge is 0.0911 e. The van der Waals surface area contributed by atoms with Crippen molar-refractivity contribution < 1.29 is 15.3 Å². The molecule has 0 aromatic heterocycles. The summed E-state index contributed by atoms with van der Waals surface area (Å²) in [5.74, 6) is -0.549. The predicted molar refractivity (Wildman–Crippen MR) is 52.3 cm³/mol. The van der Waals surface area contributed by atoms with Gasteiger partial charge in [-0.15, -0.1) is 6.58 Å². The van der Waals surface area contributed by atoms with Gasteiger partial charge in [0, 0.05) is 5.92 Å². The maximum atomic E-state index is 9.70. The van der Waals surface area contributed by atoms with Gasteiger partial charge in [-0.3, -0.25) is 0 Å². The van der Waals surface area contributed by atoms with Crippen molar-refractivity contribution in [3.05, 3.63) is 12.7 Å². The largest absolute Gasteiger partial charge is 0.390 e. The highest BCUT2D eigenvalue weighted by Gasteiger charge is 2.38. The van der Waals surface area contributed by atoms with Gasteiger partial charge in [-0.05, 0) is 27.7 Å². The Morgan fingerprint density at radius 3 is 1.54 bits per heavy atom. The third-order valence-electron chi connectivity index (χ3n) is 2.13. The molecule has 0 fully saturated rings. The van der Waals surface area contributed by atoms with Gasteiger partial charge in [0.2, 0.25) is 0 Å². The summed E-state index contributed by atoms with van der Waals surface area (Å²) in [5, 5.41) is 28.9. The average molecular weight is 188 g/mol. The fourth-order valence-corrected chi connectivity index (χ4v) is 1.24. The molecule has 0 bridgehead atoms. The molecule has 3 N–H and O–H groups in total. The van der Waals surface area contributed by atoms with Gasteiger partial charge in [0.25, 0.3) is 0 Å². The van der Waals surface area contributed by atoms with Crippen LogP contribution in [0.25, 0.3) is 0 Å². The Balaban J connectivity index is 4.71. The van der Waals surface area contributed by atoms with Crippen molar-refractivity contribution in [3.63, 3.8) is 0 Å². The Morgan fingerprint density at radius 1 is 1.08 bits per heavy atom. The highest BCUT2D eigenvalue weighted by Crippen LogP contribution is 2.27. The van der Waals surface area contributed by atoms with Gasteiger partial charge in [0.05, 0.1) is 17.3 Å². The minimum Gasteiger partial charge on any atom is -0.390 e. The van der Waals surface area contributed by atoms with Crippen molar-refractivity contribution in [1.82, 2.24) is 0 Å². The summed E-state index contributed by atoms with van der Waals surface area (Å²) in [6.45, 7) is 9.69. The first kappa shape index (κ1) is 12.6. The quantitative estimate of drug-likeness (QED) is 0.569. The molecule has 0 heterocycles. The zero-order chi connectivity index (χ0) is 10.9. The van der Waals surface area contributed by atoms with Crippen molar-refractivity contribution in [2.75, 3.05) is 0 Å². The van der Waals surface area contributed by atoms with Crippen LogP contribution in [0, 0.1) is 5.92 Å². The first-order valence-electron chi connectivity index (χ1n) is 4.36. The van der Waals surface area contributed by atoms with Gasteiger partial charge in [0.1, 0.15) is 0 Å². The highest BCUT2D eigenvalue weighted by molar-refractivity contribution is 4.99. The zero-order valence-electron chi connectivity index (χ0n) is 8.78. The molecule has 0 aliphatic heterocycles. The second-order valence-corrected chi connectivity index (χ2v) is 4.51. The molecule has 0 unspecified atom stereocenters. The van der Waals surface area contributed by atoms with Gasteiger partial charge >= 0.3 is 0 Å². The van der Waals surface area contributed by atoms with Crippen LogP contribution in [0.4, 0.5) is 0 Å². The van der Waals surface area contributed by atoms with Crippen molar-refractivity contribution in [2.45, 2.75) is 45.0 Å². The summed E-state index contributed by atoms with van der Waals surface area (Å²) < 4.78 is 0. The minimum absolute atomic E-state index is 0.549. The Hall–Kier alpha value is -0.380. The molecular weight excluding hydrogens is 168 g/mol. The van der Waals surface area contributed by atoms with Crippen LogP contribution in [-0.2, 0) is 0 Å². The molecule has 0 aliphatic rings. The van der Waals surface area contributed by atoms with E-state index in [9.17, 15) is 15.3 Å². The van der Waals surface area contributed by atoms with Crippen LogP contribution in [0.5, 0.6) is 0 Å². The highest BCUT2D eigenvalue weighted by atomic mass is 16.3. The van der Waals surface area contributed by atoms with E-state index >= 15 is 0 Å². The average Bonchev–Trinajstić information content (AvgIpc) is 1.83. The van der Waals surface area contributed by atoms with Gasteiger partial charge < -0.3 is 15.3 Å². The second kappa shape index (κ2) is 3.78. The molecular formula is C10H20O3. The summed E-state index contributed by atoms with van der Waals surface area (Å²) in [5.41, 5.74) is -2.32. The second-order valence-electron chi connectivity index (χ2n) is 4.51. The van der Waals surface area contributed by atoms with Crippen LogP contribution in [0.3, 0.4) is 0 Å². The van der Waals surface area contributed by atoms with E-state index in [1.54, 1.807) is 13.8 Å². The molecule has 0 amide bonds. The van der Waals surface area contributed by atoms with Crippen molar-refractivity contribution in [3.8, 4) is 0 Å². The van der Waals surface area contributed by atoms with Crippen molar-refractivity contribution in [1.29, 1.82) is 0 Å². The Bertz CT molecular complexity index is 174. The summed E-state index contributed by atoms with van der Waals surface area (Å²) in [7, 11) is 0. The molecule has 0 aromatic carbocycles. The van der Waals surface area contributed by atoms with E-state index in [0.29, 0.717) is 0 Å². The minimum atomic E-state index is -1.24. The van der Waals surface area contributed by atoms with Gasteiger partial charge in [-0.1, -0.05) is 6.08 Å². The molecule has 2 atom stereocenters. The number of hydrogen-bond acceptors (Lipinski definition) is 3. The Labute approximate surface area is 79.7 Å². The van der Waals surface area contributed by atoms with E-state index in [1.165, 1.54) is 19.9 Å². The molecule has 0 saturated heterocycles. The van der Waals surface area contributed by atoms with Crippen LogP contribution < -0.4 is 0 Å². The summed E-state index contributed by atoms with van der Waals surface area (Å²) in [6, 6.07) is 0. The summed E-state index contributed by atoms with van der Waals surface area (Å²) in [4.78, 5) is 0. The van der Waals surface area contributed by atoms with Crippen LogP contribution in [0.15, 0.2) is 12.7 Å². The molecule has 3 heteroatoms. The van der Waals surface area contributed by atoms with E-state index < -0.39 is 23.2 Å². The molecule has 0 rings (SSSR count). The fourth-order valence-electron chi connectivity index (χ4n) is 1.24.